The Labute approximate surface area is 221 Å². The lowest BCUT2D eigenvalue weighted by molar-refractivity contribution is -0.385. The number of hydrogen-bond donors (Lipinski definition) is 1. The molecule has 3 aromatic rings. The highest BCUT2D eigenvalue weighted by Crippen LogP contribution is 2.33. The van der Waals surface area contributed by atoms with Crippen LogP contribution >= 0.6 is 11.6 Å². The molecule has 37 heavy (non-hydrogen) atoms. The second-order valence-electron chi connectivity index (χ2n) is 9.05. The Morgan fingerprint density at radius 3 is 2.49 bits per heavy atom. The number of nitrogens with one attached hydrogen (secondary N) is 1. The zero-order valence-electron chi connectivity index (χ0n) is 20.7. The fourth-order valence-corrected chi connectivity index (χ4v) is 4.67. The van der Waals surface area contributed by atoms with Crippen molar-refractivity contribution in [1.82, 2.24) is 10.2 Å². The molecule has 0 aromatic heterocycles. The summed E-state index contributed by atoms with van der Waals surface area (Å²) >= 11 is 5.92. The normalized spacial score (nSPS) is 15.5. The molecular weight excluding hydrogens is 494 g/mol. The largest absolute Gasteiger partial charge is 0.412 e. The van der Waals surface area contributed by atoms with Crippen molar-refractivity contribution in [2.24, 2.45) is 0 Å². The van der Waals surface area contributed by atoms with Crippen LogP contribution in [0.3, 0.4) is 0 Å². The third kappa shape index (κ3) is 7.29. The Hall–Kier alpha value is -3.46. The van der Waals surface area contributed by atoms with Crippen molar-refractivity contribution >= 4 is 23.4 Å². The van der Waals surface area contributed by atoms with Crippen molar-refractivity contribution in [2.75, 3.05) is 26.8 Å². The SMILES string of the molecule is COC[C@@H]1CCCN1Cc1ccc(CCNC(=O)Oc2ccc(-c3ccc(Cl)cc3)cc2[N+](=O)[O-])cc1. The summed E-state index contributed by atoms with van der Waals surface area (Å²) in [5, 5.41) is 14.8. The van der Waals surface area contributed by atoms with Crippen LogP contribution in [0.5, 0.6) is 5.75 Å². The number of nitrogens with zero attached hydrogens (tertiary/aromatic N) is 2. The number of hydrogen-bond acceptors (Lipinski definition) is 6. The number of benzene rings is 3. The molecule has 0 unspecified atom stereocenters. The smallest absolute Gasteiger partial charge is 0.403 e. The summed E-state index contributed by atoms with van der Waals surface area (Å²) in [6, 6.07) is 20.3. The van der Waals surface area contributed by atoms with Crippen molar-refractivity contribution in [3.05, 3.63) is 93.0 Å². The Morgan fingerprint density at radius 2 is 1.78 bits per heavy atom. The summed E-state index contributed by atoms with van der Waals surface area (Å²) in [6.07, 6.45) is 2.24. The molecule has 0 aliphatic carbocycles. The van der Waals surface area contributed by atoms with Gasteiger partial charge in [0.2, 0.25) is 5.75 Å². The summed E-state index contributed by atoms with van der Waals surface area (Å²) in [4.78, 5) is 25.8. The van der Waals surface area contributed by atoms with Crippen LogP contribution in [-0.4, -0.2) is 48.8 Å². The fraction of sp³-hybridized carbons (Fsp3) is 0.321. The molecule has 1 fully saturated rings. The molecule has 1 heterocycles. The molecule has 8 nitrogen and oxygen atoms in total. The predicted octanol–water partition coefficient (Wildman–Crippen LogP) is 5.86. The van der Waals surface area contributed by atoms with Gasteiger partial charge in [-0.25, -0.2) is 4.79 Å². The number of methoxy groups -OCH3 is 1. The average molecular weight is 524 g/mol. The lowest BCUT2D eigenvalue weighted by atomic mass is 10.0. The first-order chi connectivity index (χ1) is 17.9. The van der Waals surface area contributed by atoms with E-state index in [0.717, 1.165) is 30.8 Å². The van der Waals surface area contributed by atoms with Gasteiger partial charge in [0.25, 0.3) is 0 Å². The molecule has 0 saturated carbocycles. The van der Waals surface area contributed by atoms with E-state index >= 15 is 0 Å². The Balaban J connectivity index is 1.28. The van der Waals surface area contributed by atoms with Gasteiger partial charge in [0.05, 0.1) is 11.5 Å². The van der Waals surface area contributed by atoms with Gasteiger partial charge in [0.1, 0.15) is 0 Å². The number of carbonyl (C=O) groups is 1. The van der Waals surface area contributed by atoms with E-state index in [1.165, 1.54) is 30.5 Å². The molecule has 0 spiro atoms. The maximum atomic E-state index is 12.3. The van der Waals surface area contributed by atoms with Crippen molar-refractivity contribution in [3.63, 3.8) is 0 Å². The van der Waals surface area contributed by atoms with E-state index in [1.54, 1.807) is 37.4 Å². The van der Waals surface area contributed by atoms with E-state index in [4.69, 9.17) is 21.1 Å². The first-order valence-electron chi connectivity index (χ1n) is 12.2. The van der Waals surface area contributed by atoms with Crippen molar-refractivity contribution in [1.29, 1.82) is 0 Å². The predicted molar refractivity (Wildman–Crippen MR) is 143 cm³/mol. The summed E-state index contributed by atoms with van der Waals surface area (Å²) < 4.78 is 10.6. The van der Waals surface area contributed by atoms with E-state index in [-0.39, 0.29) is 11.4 Å². The molecule has 4 rings (SSSR count). The quantitative estimate of drug-likeness (QED) is 0.264. The number of ether oxygens (including phenoxy) is 2. The molecular formula is C28H30ClN3O5. The van der Waals surface area contributed by atoms with E-state index in [0.29, 0.717) is 29.6 Å². The molecule has 1 atom stereocenters. The van der Waals surface area contributed by atoms with Crippen molar-refractivity contribution in [3.8, 4) is 16.9 Å². The topological polar surface area (TPSA) is 93.9 Å². The van der Waals surface area contributed by atoms with E-state index in [9.17, 15) is 14.9 Å². The molecule has 1 aliphatic heterocycles. The van der Waals surface area contributed by atoms with Gasteiger partial charge in [0, 0.05) is 37.3 Å². The lowest BCUT2D eigenvalue weighted by Gasteiger charge is -2.23. The van der Waals surface area contributed by atoms with Crippen LogP contribution in [0.1, 0.15) is 24.0 Å². The van der Waals surface area contributed by atoms with E-state index in [1.807, 2.05) is 0 Å². The summed E-state index contributed by atoms with van der Waals surface area (Å²) in [6.45, 7) is 3.09. The minimum Gasteiger partial charge on any atom is -0.403 e. The van der Waals surface area contributed by atoms with Crippen LogP contribution in [0.25, 0.3) is 11.1 Å². The zero-order valence-corrected chi connectivity index (χ0v) is 21.4. The number of halogens is 1. The minimum absolute atomic E-state index is 0.113. The Morgan fingerprint density at radius 1 is 1.08 bits per heavy atom. The number of rotatable bonds is 10. The monoisotopic (exact) mass is 523 g/mol. The molecule has 194 valence electrons. The van der Waals surface area contributed by atoms with Gasteiger partial charge in [-0.1, -0.05) is 54.1 Å². The number of carbonyl (C=O) groups excluding carboxylic acids is 1. The second-order valence-corrected chi connectivity index (χ2v) is 9.49. The van der Waals surface area contributed by atoms with Gasteiger partial charge in [-0.2, -0.15) is 0 Å². The summed E-state index contributed by atoms with van der Waals surface area (Å²) in [5.41, 5.74) is 3.43. The third-order valence-electron chi connectivity index (χ3n) is 6.49. The van der Waals surface area contributed by atoms with Crippen LogP contribution in [0.4, 0.5) is 10.5 Å². The highest BCUT2D eigenvalue weighted by Gasteiger charge is 2.24. The molecule has 1 amide bonds. The van der Waals surface area contributed by atoms with Gasteiger partial charge >= 0.3 is 11.8 Å². The number of nitro groups is 1. The zero-order chi connectivity index (χ0) is 26.2. The van der Waals surface area contributed by atoms with Gasteiger partial charge < -0.3 is 14.8 Å². The first-order valence-corrected chi connectivity index (χ1v) is 12.6. The number of nitro benzene ring substituents is 1. The maximum Gasteiger partial charge on any atom is 0.412 e. The van der Waals surface area contributed by atoms with Crippen LogP contribution in [0, 0.1) is 10.1 Å². The third-order valence-corrected chi connectivity index (χ3v) is 6.74. The van der Waals surface area contributed by atoms with Gasteiger partial charge in [0.15, 0.2) is 0 Å². The molecule has 0 bridgehead atoms. The van der Waals surface area contributed by atoms with Crippen molar-refractivity contribution < 1.29 is 19.2 Å². The van der Waals surface area contributed by atoms with Crippen LogP contribution in [0.2, 0.25) is 5.02 Å². The molecule has 1 saturated heterocycles. The lowest BCUT2D eigenvalue weighted by Crippen LogP contribution is -2.32. The van der Waals surface area contributed by atoms with Gasteiger partial charge in [-0.05, 0) is 66.3 Å². The van der Waals surface area contributed by atoms with Crippen molar-refractivity contribution in [2.45, 2.75) is 31.8 Å². The average Bonchev–Trinajstić information content (AvgIpc) is 3.32. The molecule has 3 aromatic carbocycles. The van der Waals surface area contributed by atoms with E-state index in [2.05, 4.69) is 34.5 Å². The molecule has 9 heteroatoms. The van der Waals surface area contributed by atoms with Crippen LogP contribution < -0.4 is 10.1 Å². The molecule has 1 N–H and O–H groups in total. The number of likely N-dealkylation sites (tertiary alicyclic amines) is 1. The van der Waals surface area contributed by atoms with Gasteiger partial charge in [-0.15, -0.1) is 0 Å². The highest BCUT2D eigenvalue weighted by molar-refractivity contribution is 6.30. The Bertz CT molecular complexity index is 1220. The van der Waals surface area contributed by atoms with Crippen LogP contribution in [-0.2, 0) is 17.7 Å². The molecule has 0 radical (unpaired) electrons. The van der Waals surface area contributed by atoms with E-state index < -0.39 is 11.0 Å². The summed E-state index contributed by atoms with van der Waals surface area (Å²) in [5.74, 6) is -0.113. The summed E-state index contributed by atoms with van der Waals surface area (Å²) in [7, 11) is 1.74. The molecule has 1 aliphatic rings. The van der Waals surface area contributed by atoms with Gasteiger partial charge in [-0.3, -0.25) is 15.0 Å². The minimum atomic E-state index is -0.739. The fourth-order valence-electron chi connectivity index (χ4n) is 4.54. The Kier molecular flexibility index (Phi) is 9.11. The number of amides is 1. The first kappa shape index (κ1) is 26.6. The van der Waals surface area contributed by atoms with Crippen LogP contribution in [0.15, 0.2) is 66.7 Å². The standard InChI is InChI=1S/C28H30ClN3O5/c1-36-19-25-3-2-16-31(25)18-21-6-4-20(5-7-21)14-15-30-28(33)37-27-13-10-23(17-26(27)32(34)35)22-8-11-24(29)12-9-22/h4-13,17,25H,2-3,14-16,18-19H2,1H3,(H,30,33)/t25-/m0/s1. The highest BCUT2D eigenvalue weighted by atomic mass is 35.5. The second kappa shape index (κ2) is 12.7. The maximum absolute atomic E-state index is 12.3.